The monoisotopic (exact) mass is 399 g/mol. The number of H-pyrrole nitrogens is 1. The maximum absolute atomic E-state index is 12.7. The molecule has 1 aliphatic rings. The van der Waals surface area contributed by atoms with Crippen molar-refractivity contribution in [1.29, 1.82) is 0 Å². The Hall–Kier alpha value is -2.44. The number of halogens is 1. The number of fused-ring (bicyclic) bond motifs is 1. The minimum Gasteiger partial charge on any atom is -0.313 e. The molecule has 3 aromatic rings. The molecule has 0 bridgehead atoms. The zero-order valence-corrected chi connectivity index (χ0v) is 16.5. The summed E-state index contributed by atoms with van der Waals surface area (Å²) in [6.07, 6.45) is 0.840. The summed E-state index contributed by atoms with van der Waals surface area (Å²) in [5.74, 6) is -0.0735. The van der Waals surface area contributed by atoms with E-state index in [-0.39, 0.29) is 17.5 Å². The van der Waals surface area contributed by atoms with Crippen molar-refractivity contribution in [3.8, 4) is 0 Å². The molecular weight excluding hydrogens is 382 g/mol. The van der Waals surface area contributed by atoms with Crippen LogP contribution >= 0.6 is 22.9 Å². The van der Waals surface area contributed by atoms with E-state index in [1.54, 1.807) is 12.1 Å². The summed E-state index contributed by atoms with van der Waals surface area (Å²) in [6, 6.07) is 9.18. The fourth-order valence-electron chi connectivity index (χ4n) is 3.52. The van der Waals surface area contributed by atoms with Gasteiger partial charge in [-0.1, -0.05) is 30.7 Å². The predicted molar refractivity (Wildman–Crippen MR) is 110 cm³/mol. The van der Waals surface area contributed by atoms with Crippen molar-refractivity contribution in [1.82, 2.24) is 9.99 Å². The Morgan fingerprint density at radius 1 is 1.33 bits per heavy atom. The molecule has 5 nitrogen and oxygen atoms in total. The first-order chi connectivity index (χ1) is 13.0. The lowest BCUT2D eigenvalue weighted by atomic mass is 9.96. The number of aryl methyl sites for hydroxylation is 1. The molecule has 0 radical (unpaired) electrons. The van der Waals surface area contributed by atoms with E-state index in [9.17, 15) is 9.59 Å². The van der Waals surface area contributed by atoms with Crippen molar-refractivity contribution in [2.75, 3.05) is 0 Å². The molecule has 0 saturated carbocycles. The first kappa shape index (κ1) is 17.9. The highest BCUT2D eigenvalue weighted by atomic mass is 35.5. The molecule has 1 atom stereocenters. The van der Waals surface area contributed by atoms with Gasteiger partial charge >= 0.3 is 0 Å². The molecule has 2 aromatic heterocycles. The van der Waals surface area contributed by atoms with Crippen LogP contribution in [0.1, 0.15) is 42.5 Å². The Labute approximate surface area is 165 Å². The highest BCUT2D eigenvalue weighted by Gasteiger charge is 2.34. The highest BCUT2D eigenvalue weighted by Crippen LogP contribution is 2.34. The van der Waals surface area contributed by atoms with E-state index < -0.39 is 0 Å². The molecule has 7 heteroatoms. The summed E-state index contributed by atoms with van der Waals surface area (Å²) in [5.41, 5.74) is 2.89. The van der Waals surface area contributed by atoms with Gasteiger partial charge in [-0.3, -0.25) is 9.59 Å². The number of carbonyl (C=O) groups excluding carboxylic acids is 1. The second-order valence-electron chi connectivity index (χ2n) is 6.53. The number of hydrazone groups is 1. The van der Waals surface area contributed by atoms with Crippen LogP contribution in [0.4, 0.5) is 0 Å². The number of hydrogen-bond acceptors (Lipinski definition) is 4. The second kappa shape index (κ2) is 6.94. The van der Waals surface area contributed by atoms with Crippen molar-refractivity contribution < 1.29 is 4.79 Å². The van der Waals surface area contributed by atoms with E-state index >= 15 is 0 Å². The lowest BCUT2D eigenvalue weighted by Crippen LogP contribution is -2.26. The SMILES string of the molecule is CCC(=O)N1N=C(c2c(C)c3ccsc3[nH]c2=O)CC1c1ccc(Cl)cc1. The van der Waals surface area contributed by atoms with Crippen LogP contribution in [0.25, 0.3) is 10.2 Å². The van der Waals surface area contributed by atoms with E-state index in [4.69, 9.17) is 11.6 Å². The first-order valence-electron chi connectivity index (χ1n) is 8.75. The number of aromatic amines is 1. The Morgan fingerprint density at radius 3 is 2.78 bits per heavy atom. The number of pyridine rings is 1. The molecule has 1 aromatic carbocycles. The molecular formula is C20H18ClN3O2S. The number of aromatic nitrogens is 1. The smallest absolute Gasteiger partial charge is 0.258 e. The van der Waals surface area contributed by atoms with Crippen LogP contribution in [-0.2, 0) is 4.79 Å². The Kier molecular flexibility index (Phi) is 4.61. The largest absolute Gasteiger partial charge is 0.313 e. The molecule has 27 heavy (non-hydrogen) atoms. The number of carbonyl (C=O) groups is 1. The maximum atomic E-state index is 12.7. The number of hydrogen-bond donors (Lipinski definition) is 1. The van der Waals surface area contributed by atoms with E-state index in [1.807, 2.05) is 37.4 Å². The van der Waals surface area contributed by atoms with Gasteiger partial charge in [0.2, 0.25) is 5.91 Å². The van der Waals surface area contributed by atoms with Gasteiger partial charge in [0.05, 0.1) is 17.3 Å². The molecule has 3 heterocycles. The third-order valence-corrected chi connectivity index (χ3v) is 5.99. The van der Waals surface area contributed by atoms with Gasteiger partial charge in [-0.2, -0.15) is 5.10 Å². The third-order valence-electron chi connectivity index (χ3n) is 4.91. The summed E-state index contributed by atoms with van der Waals surface area (Å²) >= 11 is 7.50. The molecule has 138 valence electrons. The fraction of sp³-hybridized carbons (Fsp3) is 0.250. The number of nitrogens with zero attached hydrogens (tertiary/aromatic N) is 2. The van der Waals surface area contributed by atoms with Gasteiger partial charge in [-0.15, -0.1) is 11.3 Å². The lowest BCUT2D eigenvalue weighted by molar-refractivity contribution is -0.132. The van der Waals surface area contributed by atoms with E-state index in [0.717, 1.165) is 21.3 Å². The molecule has 1 N–H and O–H groups in total. The molecule has 1 unspecified atom stereocenters. The van der Waals surface area contributed by atoms with Crippen molar-refractivity contribution in [2.45, 2.75) is 32.7 Å². The second-order valence-corrected chi connectivity index (χ2v) is 7.88. The Morgan fingerprint density at radius 2 is 2.07 bits per heavy atom. The van der Waals surface area contributed by atoms with Crippen molar-refractivity contribution in [2.24, 2.45) is 5.10 Å². The summed E-state index contributed by atoms with van der Waals surface area (Å²) < 4.78 is 0. The molecule has 0 saturated heterocycles. The average Bonchev–Trinajstić information content (AvgIpc) is 3.29. The van der Waals surface area contributed by atoms with Crippen LogP contribution in [0.5, 0.6) is 0 Å². The van der Waals surface area contributed by atoms with Crippen molar-refractivity contribution in [3.05, 3.63) is 67.8 Å². The van der Waals surface area contributed by atoms with Crippen LogP contribution in [-0.4, -0.2) is 21.6 Å². The molecule has 0 spiro atoms. The highest BCUT2D eigenvalue weighted by molar-refractivity contribution is 7.16. The summed E-state index contributed by atoms with van der Waals surface area (Å²) in [7, 11) is 0. The van der Waals surface area contributed by atoms with Crippen LogP contribution in [0.2, 0.25) is 5.02 Å². The standard InChI is InChI=1S/C20H18ClN3O2S/c1-3-17(25)24-16(12-4-6-13(21)7-5-12)10-15(23-24)18-11(2)14-8-9-27-20(14)22-19(18)26/h4-9,16H,3,10H2,1-2H3,(H,22,26). The van der Waals surface area contributed by atoms with Crippen LogP contribution < -0.4 is 5.56 Å². The molecule has 4 rings (SSSR count). The van der Waals surface area contributed by atoms with Crippen LogP contribution in [0.15, 0.2) is 45.6 Å². The quantitative estimate of drug-likeness (QED) is 0.697. The molecule has 0 fully saturated rings. The normalized spacial score (nSPS) is 16.8. The van der Waals surface area contributed by atoms with E-state index in [1.165, 1.54) is 16.3 Å². The van der Waals surface area contributed by atoms with E-state index in [2.05, 4.69) is 10.1 Å². The van der Waals surface area contributed by atoms with Crippen molar-refractivity contribution in [3.63, 3.8) is 0 Å². The minimum atomic E-state index is -0.235. The Bertz CT molecular complexity index is 1110. The lowest BCUT2D eigenvalue weighted by Gasteiger charge is -2.21. The van der Waals surface area contributed by atoms with Crippen molar-refractivity contribution >= 4 is 44.8 Å². The topological polar surface area (TPSA) is 65.5 Å². The van der Waals surface area contributed by atoms with Gasteiger partial charge in [0.15, 0.2) is 0 Å². The number of rotatable bonds is 3. The number of amides is 1. The number of thiophene rings is 1. The number of benzene rings is 1. The average molecular weight is 400 g/mol. The predicted octanol–water partition coefficient (Wildman–Crippen LogP) is 4.64. The van der Waals surface area contributed by atoms with Gasteiger partial charge in [0.1, 0.15) is 4.83 Å². The number of nitrogens with one attached hydrogen (secondary N) is 1. The van der Waals surface area contributed by atoms with Gasteiger partial charge in [-0.05, 0) is 41.6 Å². The van der Waals surface area contributed by atoms with Gasteiger partial charge in [0, 0.05) is 23.3 Å². The zero-order valence-electron chi connectivity index (χ0n) is 15.0. The maximum Gasteiger partial charge on any atom is 0.258 e. The molecule has 1 amide bonds. The summed E-state index contributed by atoms with van der Waals surface area (Å²) in [5, 5.41) is 9.69. The van der Waals surface area contributed by atoms with Crippen LogP contribution in [0, 0.1) is 6.92 Å². The van der Waals surface area contributed by atoms with E-state index in [0.29, 0.717) is 29.1 Å². The molecule has 0 aliphatic carbocycles. The molecule has 1 aliphatic heterocycles. The first-order valence-corrected chi connectivity index (χ1v) is 10.0. The minimum absolute atomic E-state index is 0.0735. The fourth-order valence-corrected chi connectivity index (χ4v) is 4.48. The summed E-state index contributed by atoms with van der Waals surface area (Å²) in [6.45, 7) is 3.74. The Balaban J connectivity index is 1.81. The van der Waals surface area contributed by atoms with Crippen LogP contribution in [0.3, 0.4) is 0 Å². The van der Waals surface area contributed by atoms with Gasteiger partial charge in [0.25, 0.3) is 5.56 Å². The third kappa shape index (κ3) is 3.09. The van der Waals surface area contributed by atoms with Gasteiger partial charge in [-0.25, -0.2) is 5.01 Å². The summed E-state index contributed by atoms with van der Waals surface area (Å²) in [4.78, 5) is 29.0. The van der Waals surface area contributed by atoms with Gasteiger partial charge < -0.3 is 4.98 Å². The zero-order chi connectivity index (χ0) is 19.1.